The highest BCUT2D eigenvalue weighted by molar-refractivity contribution is 7.08. The van der Waals surface area contributed by atoms with Crippen LogP contribution in [0.5, 0.6) is 0 Å². The molecule has 3 aromatic rings. The van der Waals surface area contributed by atoms with Gasteiger partial charge in [0.2, 0.25) is 11.8 Å². The van der Waals surface area contributed by atoms with E-state index < -0.39 is 0 Å². The highest BCUT2D eigenvalue weighted by Gasteiger charge is 2.15. The maximum atomic E-state index is 11.1. The van der Waals surface area contributed by atoms with Crippen LogP contribution in [0.1, 0.15) is 18.4 Å². The lowest BCUT2D eigenvalue weighted by Gasteiger charge is -2.11. The van der Waals surface area contributed by atoms with E-state index >= 15 is 0 Å². The molecule has 1 N–H and O–H groups in total. The van der Waals surface area contributed by atoms with Crippen LogP contribution < -0.4 is 5.43 Å². The molecule has 5 nitrogen and oxygen atoms in total. The van der Waals surface area contributed by atoms with Gasteiger partial charge >= 0.3 is 0 Å². The Morgan fingerprint density at radius 3 is 2.90 bits per heavy atom. The second-order valence-corrected chi connectivity index (χ2v) is 5.59. The van der Waals surface area contributed by atoms with Gasteiger partial charge in [0.25, 0.3) is 0 Å². The van der Waals surface area contributed by atoms with Crippen molar-refractivity contribution in [3.63, 3.8) is 0 Å². The minimum atomic E-state index is -0.0407. The number of amides is 1. The zero-order chi connectivity index (χ0) is 14.2. The molecule has 21 heavy (non-hydrogen) atoms. The van der Waals surface area contributed by atoms with Crippen LogP contribution in [0.25, 0.3) is 22.6 Å². The van der Waals surface area contributed by atoms with E-state index in [0.717, 1.165) is 27.9 Å². The number of carbonyl (C=O) groups is 1. The lowest BCUT2D eigenvalue weighted by Crippen LogP contribution is -2.25. The van der Waals surface area contributed by atoms with Gasteiger partial charge in [-0.05, 0) is 29.6 Å². The third-order valence-electron chi connectivity index (χ3n) is 3.39. The van der Waals surface area contributed by atoms with Gasteiger partial charge in [-0.15, -0.1) is 0 Å². The normalized spacial score (nSPS) is 15.0. The molecule has 1 amide bonds. The Kier molecular flexibility index (Phi) is 2.82. The maximum Gasteiger partial charge on any atom is 0.240 e. The average molecular weight is 297 g/mol. The molecule has 0 bridgehead atoms. The van der Waals surface area contributed by atoms with Crippen LogP contribution in [0.3, 0.4) is 0 Å². The van der Waals surface area contributed by atoms with Crippen LogP contribution in [-0.2, 0) is 4.79 Å². The van der Waals surface area contributed by atoms with E-state index in [4.69, 9.17) is 4.42 Å². The molecule has 0 spiro atoms. The standard InChI is InChI=1S/C15H11N3O2S/c19-14-4-2-11(17-18-14)9-1-3-13-12(7-9)16-15(20-13)10-5-6-21-8-10/h1,3,5-8H,2,4H2,(H,18,19). The summed E-state index contributed by atoms with van der Waals surface area (Å²) in [6, 6.07) is 7.77. The number of hydrogen-bond donors (Lipinski definition) is 1. The zero-order valence-corrected chi connectivity index (χ0v) is 11.8. The van der Waals surface area contributed by atoms with Gasteiger partial charge in [-0.1, -0.05) is 0 Å². The number of carbonyl (C=O) groups excluding carboxylic acids is 1. The largest absolute Gasteiger partial charge is 0.436 e. The van der Waals surface area contributed by atoms with Crippen molar-refractivity contribution >= 4 is 34.1 Å². The minimum Gasteiger partial charge on any atom is -0.436 e. The molecule has 104 valence electrons. The van der Waals surface area contributed by atoms with E-state index in [2.05, 4.69) is 15.5 Å². The van der Waals surface area contributed by atoms with Crippen molar-refractivity contribution in [2.45, 2.75) is 12.8 Å². The molecule has 1 aliphatic heterocycles. The summed E-state index contributed by atoms with van der Waals surface area (Å²) in [5.74, 6) is 0.586. The Morgan fingerprint density at radius 1 is 1.19 bits per heavy atom. The van der Waals surface area contributed by atoms with Crippen molar-refractivity contribution in [2.24, 2.45) is 5.10 Å². The summed E-state index contributed by atoms with van der Waals surface area (Å²) in [6.07, 6.45) is 1.11. The van der Waals surface area contributed by atoms with Crippen LogP contribution in [0.4, 0.5) is 0 Å². The molecule has 0 atom stereocenters. The molecule has 2 aromatic heterocycles. The van der Waals surface area contributed by atoms with Crippen molar-refractivity contribution in [1.29, 1.82) is 0 Å². The predicted molar refractivity (Wildman–Crippen MR) is 81.2 cm³/mol. The number of aromatic nitrogens is 1. The van der Waals surface area contributed by atoms with Crippen LogP contribution in [0, 0.1) is 0 Å². The molecule has 0 saturated heterocycles. The summed E-state index contributed by atoms with van der Waals surface area (Å²) >= 11 is 1.61. The number of rotatable bonds is 2. The number of nitrogens with one attached hydrogen (secondary N) is 1. The third-order valence-corrected chi connectivity index (χ3v) is 4.08. The van der Waals surface area contributed by atoms with Crippen molar-refractivity contribution in [3.8, 4) is 11.5 Å². The summed E-state index contributed by atoms with van der Waals surface area (Å²) in [5, 5.41) is 8.11. The molecule has 1 aliphatic rings. The second-order valence-electron chi connectivity index (χ2n) is 4.81. The van der Waals surface area contributed by atoms with Crippen molar-refractivity contribution < 1.29 is 9.21 Å². The van der Waals surface area contributed by atoms with Gasteiger partial charge in [-0.3, -0.25) is 4.79 Å². The maximum absolute atomic E-state index is 11.1. The van der Waals surface area contributed by atoms with Crippen LogP contribution >= 0.6 is 11.3 Å². The van der Waals surface area contributed by atoms with Crippen LogP contribution in [0.15, 0.2) is 44.5 Å². The quantitative estimate of drug-likeness (QED) is 0.790. The Labute approximate surface area is 124 Å². The summed E-state index contributed by atoms with van der Waals surface area (Å²) in [6.45, 7) is 0. The van der Waals surface area contributed by atoms with Crippen molar-refractivity contribution in [1.82, 2.24) is 10.4 Å². The molecule has 0 fully saturated rings. The lowest BCUT2D eigenvalue weighted by atomic mass is 10.0. The smallest absolute Gasteiger partial charge is 0.240 e. The third kappa shape index (κ3) is 2.23. The van der Waals surface area contributed by atoms with Crippen molar-refractivity contribution in [2.75, 3.05) is 0 Å². The number of fused-ring (bicyclic) bond motifs is 1. The molecule has 1 aromatic carbocycles. The minimum absolute atomic E-state index is 0.0407. The summed E-state index contributed by atoms with van der Waals surface area (Å²) in [4.78, 5) is 15.7. The molecule has 0 saturated carbocycles. The number of benzene rings is 1. The highest BCUT2D eigenvalue weighted by Crippen LogP contribution is 2.27. The van der Waals surface area contributed by atoms with Gasteiger partial charge in [-0.25, -0.2) is 10.4 Å². The molecule has 6 heteroatoms. The summed E-state index contributed by atoms with van der Waals surface area (Å²) < 4.78 is 5.76. The highest BCUT2D eigenvalue weighted by atomic mass is 32.1. The van der Waals surface area contributed by atoms with Crippen LogP contribution in [-0.4, -0.2) is 16.6 Å². The molecule has 0 aliphatic carbocycles. The molecule has 3 heterocycles. The van der Waals surface area contributed by atoms with Crippen LogP contribution in [0.2, 0.25) is 0 Å². The Hall–Kier alpha value is -2.47. The number of hydrazone groups is 1. The second kappa shape index (κ2) is 4.82. The van der Waals surface area contributed by atoms with E-state index in [9.17, 15) is 4.79 Å². The topological polar surface area (TPSA) is 67.5 Å². The van der Waals surface area contributed by atoms with E-state index in [1.807, 2.05) is 35.0 Å². The number of nitrogens with zero attached hydrogens (tertiary/aromatic N) is 2. The fraction of sp³-hybridized carbons (Fsp3) is 0.133. The van der Waals surface area contributed by atoms with Crippen molar-refractivity contribution in [3.05, 3.63) is 40.6 Å². The predicted octanol–water partition coefficient (Wildman–Crippen LogP) is 3.17. The van der Waals surface area contributed by atoms with Gasteiger partial charge in [0.05, 0.1) is 5.71 Å². The average Bonchev–Trinajstić information content (AvgIpc) is 3.16. The van der Waals surface area contributed by atoms with Gasteiger partial charge in [0.1, 0.15) is 5.52 Å². The van der Waals surface area contributed by atoms with E-state index in [1.54, 1.807) is 11.3 Å². The Balaban J connectivity index is 1.75. The van der Waals surface area contributed by atoms with E-state index in [0.29, 0.717) is 18.7 Å². The fourth-order valence-corrected chi connectivity index (χ4v) is 2.93. The molecule has 0 unspecified atom stereocenters. The molecular weight excluding hydrogens is 286 g/mol. The lowest BCUT2D eigenvalue weighted by molar-refractivity contribution is -0.121. The summed E-state index contributed by atoms with van der Waals surface area (Å²) in [7, 11) is 0. The van der Waals surface area contributed by atoms with Gasteiger partial charge in [0, 0.05) is 29.3 Å². The zero-order valence-electron chi connectivity index (χ0n) is 11.0. The van der Waals surface area contributed by atoms with Gasteiger partial charge in [-0.2, -0.15) is 16.4 Å². The van der Waals surface area contributed by atoms with Gasteiger partial charge in [0.15, 0.2) is 5.58 Å². The first-order chi connectivity index (χ1) is 10.3. The first kappa shape index (κ1) is 12.3. The van der Waals surface area contributed by atoms with Gasteiger partial charge < -0.3 is 4.42 Å². The fourth-order valence-electron chi connectivity index (χ4n) is 2.30. The first-order valence-electron chi connectivity index (χ1n) is 6.58. The molecular formula is C15H11N3O2S. The van der Waals surface area contributed by atoms with E-state index in [1.165, 1.54) is 0 Å². The Morgan fingerprint density at radius 2 is 2.14 bits per heavy atom. The number of oxazole rings is 1. The SMILES string of the molecule is O=C1CCC(c2ccc3oc(-c4ccsc4)nc3c2)=NN1. The first-order valence-corrected chi connectivity index (χ1v) is 7.53. The molecule has 0 radical (unpaired) electrons. The molecule has 4 rings (SSSR count). The number of hydrogen-bond acceptors (Lipinski definition) is 5. The number of thiophene rings is 1. The monoisotopic (exact) mass is 297 g/mol. The summed E-state index contributed by atoms with van der Waals surface area (Å²) in [5.41, 5.74) is 6.89. The van der Waals surface area contributed by atoms with E-state index in [-0.39, 0.29) is 5.91 Å². The Bertz CT molecular complexity index is 849.